The molecular weight excluding hydrogens is 254 g/mol. The summed E-state index contributed by atoms with van der Waals surface area (Å²) < 4.78 is 2.08. The van der Waals surface area contributed by atoms with Crippen LogP contribution in [-0.4, -0.2) is 21.5 Å². The summed E-state index contributed by atoms with van der Waals surface area (Å²) in [7, 11) is 1.83. The number of aliphatic imine (C=N–C) groups is 1. The number of thioether (sulfide) groups is 1. The van der Waals surface area contributed by atoms with Crippen LogP contribution in [0.2, 0.25) is 0 Å². The number of pyridine rings is 1. The van der Waals surface area contributed by atoms with E-state index >= 15 is 0 Å². The number of rotatable bonds is 3. The monoisotopic (exact) mass is 273 g/mol. The highest BCUT2D eigenvalue weighted by Crippen LogP contribution is 2.19. The van der Waals surface area contributed by atoms with Gasteiger partial charge in [-0.2, -0.15) is 0 Å². The maximum Gasteiger partial charge on any atom is 0.137 e. The second-order valence-electron chi connectivity index (χ2n) is 4.51. The Hall–Kier alpha value is -1.55. The SMILES string of the molecule is CC/C(C)=C/SC(=NC)c1ccn2c(C)cnc2c1. The van der Waals surface area contributed by atoms with Crippen LogP contribution in [0.5, 0.6) is 0 Å². The van der Waals surface area contributed by atoms with Crippen molar-refractivity contribution in [1.29, 1.82) is 0 Å². The van der Waals surface area contributed by atoms with E-state index in [2.05, 4.69) is 58.9 Å². The van der Waals surface area contributed by atoms with Crippen LogP contribution in [-0.2, 0) is 0 Å². The third-order valence-corrected chi connectivity index (χ3v) is 4.24. The maximum absolute atomic E-state index is 4.39. The molecule has 0 amide bonds. The molecule has 0 aliphatic carbocycles. The second-order valence-corrected chi connectivity index (χ2v) is 5.37. The maximum atomic E-state index is 4.39. The molecule has 0 spiro atoms. The third-order valence-electron chi connectivity index (χ3n) is 3.08. The quantitative estimate of drug-likeness (QED) is 0.623. The number of hydrogen-bond acceptors (Lipinski definition) is 3. The van der Waals surface area contributed by atoms with Crippen molar-refractivity contribution in [3.05, 3.63) is 46.8 Å². The van der Waals surface area contributed by atoms with Crippen molar-refractivity contribution in [1.82, 2.24) is 9.38 Å². The molecule has 0 aliphatic rings. The van der Waals surface area contributed by atoms with Crippen molar-refractivity contribution in [2.75, 3.05) is 7.05 Å². The van der Waals surface area contributed by atoms with Crippen LogP contribution < -0.4 is 0 Å². The van der Waals surface area contributed by atoms with Gasteiger partial charge in [-0.15, -0.1) is 0 Å². The number of allylic oxidation sites excluding steroid dienone is 1. The first kappa shape index (κ1) is 13.9. The Morgan fingerprint density at radius 1 is 1.53 bits per heavy atom. The van der Waals surface area contributed by atoms with Gasteiger partial charge in [0.05, 0.1) is 0 Å². The summed E-state index contributed by atoms with van der Waals surface area (Å²) in [6.07, 6.45) is 5.01. The number of aromatic nitrogens is 2. The lowest BCUT2D eigenvalue weighted by molar-refractivity contribution is 1.11. The van der Waals surface area contributed by atoms with Crippen molar-refractivity contribution in [3.63, 3.8) is 0 Å². The summed E-state index contributed by atoms with van der Waals surface area (Å²) >= 11 is 1.67. The number of hydrogen-bond donors (Lipinski definition) is 0. The average molecular weight is 273 g/mol. The lowest BCUT2D eigenvalue weighted by Crippen LogP contribution is -1.97. The van der Waals surface area contributed by atoms with E-state index in [4.69, 9.17) is 0 Å². The molecule has 2 aromatic heterocycles. The molecule has 0 aromatic carbocycles. The van der Waals surface area contributed by atoms with Crippen LogP contribution in [0.15, 0.2) is 40.5 Å². The minimum atomic E-state index is 0.966. The summed E-state index contributed by atoms with van der Waals surface area (Å²) in [6.45, 7) is 6.35. The summed E-state index contributed by atoms with van der Waals surface area (Å²) in [5.41, 5.74) is 4.59. The van der Waals surface area contributed by atoms with Crippen LogP contribution >= 0.6 is 11.8 Å². The molecule has 0 atom stereocenters. The van der Waals surface area contributed by atoms with Gasteiger partial charge in [0.25, 0.3) is 0 Å². The summed E-state index contributed by atoms with van der Waals surface area (Å²) in [6, 6.07) is 4.17. The van der Waals surface area contributed by atoms with Crippen LogP contribution in [0.4, 0.5) is 0 Å². The van der Waals surface area contributed by atoms with E-state index in [-0.39, 0.29) is 0 Å². The predicted octanol–water partition coefficient (Wildman–Crippen LogP) is 4.07. The van der Waals surface area contributed by atoms with Gasteiger partial charge in [0.2, 0.25) is 0 Å². The summed E-state index contributed by atoms with van der Waals surface area (Å²) in [4.78, 5) is 8.77. The Morgan fingerprint density at radius 2 is 2.32 bits per heavy atom. The van der Waals surface area contributed by atoms with E-state index in [1.165, 1.54) is 5.57 Å². The summed E-state index contributed by atoms with van der Waals surface area (Å²) in [5, 5.41) is 3.19. The Kier molecular flexibility index (Phi) is 4.43. The van der Waals surface area contributed by atoms with Crippen LogP contribution in [0.1, 0.15) is 31.5 Å². The number of imidazole rings is 1. The molecule has 0 saturated carbocycles. The van der Waals surface area contributed by atoms with E-state index in [1.807, 2.05) is 13.2 Å². The van der Waals surface area contributed by atoms with E-state index in [9.17, 15) is 0 Å². The molecule has 3 nitrogen and oxygen atoms in total. The van der Waals surface area contributed by atoms with Gasteiger partial charge in [-0.25, -0.2) is 4.98 Å². The van der Waals surface area contributed by atoms with Crippen LogP contribution in [0, 0.1) is 6.92 Å². The fourth-order valence-electron chi connectivity index (χ4n) is 1.73. The molecular formula is C15H19N3S. The minimum absolute atomic E-state index is 0.966. The molecule has 4 heteroatoms. The molecule has 0 radical (unpaired) electrons. The normalized spacial score (nSPS) is 13.3. The highest BCUT2D eigenvalue weighted by atomic mass is 32.2. The van der Waals surface area contributed by atoms with Gasteiger partial charge < -0.3 is 4.40 Å². The van der Waals surface area contributed by atoms with E-state index in [1.54, 1.807) is 11.8 Å². The first-order valence-electron chi connectivity index (χ1n) is 6.39. The lowest BCUT2D eigenvalue weighted by atomic mass is 10.3. The number of nitrogens with zero attached hydrogens (tertiary/aromatic N) is 3. The topological polar surface area (TPSA) is 29.7 Å². The van der Waals surface area contributed by atoms with Gasteiger partial charge in [0.15, 0.2) is 0 Å². The average Bonchev–Trinajstić information content (AvgIpc) is 2.80. The molecule has 19 heavy (non-hydrogen) atoms. The largest absolute Gasteiger partial charge is 0.304 e. The molecule has 2 rings (SSSR count). The molecule has 0 unspecified atom stereocenters. The van der Waals surface area contributed by atoms with Crippen molar-refractivity contribution in [2.24, 2.45) is 4.99 Å². The predicted molar refractivity (Wildman–Crippen MR) is 84.0 cm³/mol. The molecule has 100 valence electrons. The molecule has 2 heterocycles. The zero-order chi connectivity index (χ0) is 13.8. The zero-order valence-electron chi connectivity index (χ0n) is 11.8. The molecule has 0 aliphatic heterocycles. The van der Waals surface area contributed by atoms with Crippen LogP contribution in [0.3, 0.4) is 0 Å². The first-order chi connectivity index (χ1) is 9.15. The fraction of sp³-hybridized carbons (Fsp3) is 0.333. The minimum Gasteiger partial charge on any atom is -0.304 e. The van der Waals surface area contributed by atoms with Crippen molar-refractivity contribution < 1.29 is 0 Å². The molecule has 0 saturated heterocycles. The van der Waals surface area contributed by atoms with E-state index < -0.39 is 0 Å². The molecule has 2 aromatic rings. The molecule has 0 fully saturated rings. The lowest BCUT2D eigenvalue weighted by Gasteiger charge is -2.05. The van der Waals surface area contributed by atoms with Crippen molar-refractivity contribution >= 4 is 22.5 Å². The third kappa shape index (κ3) is 3.07. The Balaban J connectivity index is 2.31. The van der Waals surface area contributed by atoms with E-state index in [0.717, 1.165) is 28.4 Å². The van der Waals surface area contributed by atoms with Crippen molar-refractivity contribution in [3.8, 4) is 0 Å². The smallest absolute Gasteiger partial charge is 0.137 e. The first-order valence-corrected chi connectivity index (χ1v) is 7.26. The van der Waals surface area contributed by atoms with Crippen molar-refractivity contribution in [2.45, 2.75) is 27.2 Å². The van der Waals surface area contributed by atoms with Gasteiger partial charge in [-0.1, -0.05) is 24.3 Å². The van der Waals surface area contributed by atoms with Gasteiger partial charge in [0.1, 0.15) is 10.7 Å². The second kappa shape index (κ2) is 6.06. The fourth-order valence-corrected chi connectivity index (χ4v) is 2.58. The summed E-state index contributed by atoms with van der Waals surface area (Å²) in [5.74, 6) is 0. The standard InChI is InChI=1S/C15H19N3S/c1-5-11(2)10-19-15(16-4)13-6-7-18-12(3)9-17-14(18)8-13/h6-10H,5H2,1-4H3/b11-10+,16-15?. The van der Waals surface area contributed by atoms with Crippen LogP contribution in [0.25, 0.3) is 5.65 Å². The van der Waals surface area contributed by atoms with E-state index in [0.29, 0.717) is 0 Å². The Bertz CT molecular complexity index is 638. The number of fused-ring (bicyclic) bond motifs is 1. The Labute approximate surface area is 118 Å². The van der Waals surface area contributed by atoms with Gasteiger partial charge >= 0.3 is 0 Å². The zero-order valence-corrected chi connectivity index (χ0v) is 12.7. The highest BCUT2D eigenvalue weighted by molar-refractivity contribution is 8.16. The molecule has 0 bridgehead atoms. The van der Waals surface area contributed by atoms with Gasteiger partial charge in [-0.05, 0) is 37.8 Å². The number of aryl methyl sites for hydroxylation is 1. The van der Waals surface area contributed by atoms with Gasteiger partial charge in [0, 0.05) is 30.7 Å². The highest BCUT2D eigenvalue weighted by Gasteiger charge is 2.05. The van der Waals surface area contributed by atoms with Gasteiger partial charge in [-0.3, -0.25) is 4.99 Å². The molecule has 0 N–H and O–H groups in total. The Morgan fingerprint density at radius 3 is 3.00 bits per heavy atom.